The van der Waals surface area contributed by atoms with Gasteiger partial charge in [-0.15, -0.1) is 12.4 Å². The first-order valence-corrected chi connectivity index (χ1v) is 11.8. The molecule has 196 valence electrons. The van der Waals surface area contributed by atoms with Gasteiger partial charge in [0.1, 0.15) is 5.75 Å². The Balaban J connectivity index is 0.00000380. The van der Waals surface area contributed by atoms with E-state index in [1.165, 1.54) is 0 Å². The fourth-order valence-corrected chi connectivity index (χ4v) is 3.95. The van der Waals surface area contributed by atoms with Crippen molar-refractivity contribution >= 4 is 41.2 Å². The summed E-state index contributed by atoms with van der Waals surface area (Å²) in [5.74, 6) is 1.15. The van der Waals surface area contributed by atoms with E-state index in [4.69, 9.17) is 20.9 Å². The molecule has 37 heavy (non-hydrogen) atoms. The number of aromatic nitrogens is 3. The maximum Gasteiger partial charge on any atom is 0.251 e. The van der Waals surface area contributed by atoms with E-state index in [0.717, 1.165) is 22.5 Å². The lowest BCUT2D eigenvalue weighted by molar-refractivity contribution is 0.0919. The number of fused-ring (bicyclic) bond motifs is 1. The largest absolute Gasteiger partial charge is 0.497 e. The standard InChI is InChI=1S/C26H31N7O3.ClH/c1-3-17-14-18(4-6-20(17)26(34)30-10-13-36-12-8-27)32-24-25-31-16-23(33(25)11-9-29-24)21-7-5-19(35-2)15-22(21)28;/h4-7,9,11,14-16H,3,8,10,12-13,27-28H2,1-2H3,(H,29,32)(H,30,34);1H. The first-order chi connectivity index (χ1) is 17.5. The summed E-state index contributed by atoms with van der Waals surface area (Å²) in [5, 5.41) is 6.23. The van der Waals surface area contributed by atoms with E-state index in [2.05, 4.69) is 20.6 Å². The van der Waals surface area contributed by atoms with Crippen molar-refractivity contribution in [3.8, 4) is 17.0 Å². The molecule has 0 fully saturated rings. The number of ether oxygens (including phenoxy) is 2. The van der Waals surface area contributed by atoms with E-state index in [9.17, 15) is 4.79 Å². The zero-order valence-corrected chi connectivity index (χ0v) is 21.7. The SMILES string of the molecule is CCc1cc(Nc2nccn3c(-c4ccc(OC)cc4N)cnc23)ccc1C(=O)NCCOCCN.Cl. The summed E-state index contributed by atoms with van der Waals surface area (Å²) in [6.45, 7) is 3.80. The molecule has 0 unspecified atom stereocenters. The molecule has 0 spiro atoms. The minimum atomic E-state index is -0.134. The highest BCUT2D eigenvalue weighted by Crippen LogP contribution is 2.31. The van der Waals surface area contributed by atoms with Crippen LogP contribution in [0.4, 0.5) is 17.2 Å². The van der Waals surface area contributed by atoms with Gasteiger partial charge < -0.3 is 31.6 Å². The molecule has 1 amide bonds. The van der Waals surface area contributed by atoms with Crippen LogP contribution in [0, 0.1) is 0 Å². The Kier molecular flexibility index (Phi) is 9.67. The molecule has 0 aliphatic heterocycles. The number of imidazole rings is 1. The van der Waals surface area contributed by atoms with Gasteiger partial charge in [-0.1, -0.05) is 6.92 Å². The molecule has 10 nitrogen and oxygen atoms in total. The highest BCUT2D eigenvalue weighted by Gasteiger charge is 2.15. The maximum absolute atomic E-state index is 12.7. The summed E-state index contributed by atoms with van der Waals surface area (Å²) >= 11 is 0. The van der Waals surface area contributed by atoms with Crippen molar-refractivity contribution in [3.63, 3.8) is 0 Å². The van der Waals surface area contributed by atoms with Crippen LogP contribution in [0.25, 0.3) is 16.9 Å². The molecule has 2 heterocycles. The summed E-state index contributed by atoms with van der Waals surface area (Å²) in [5.41, 5.74) is 17.0. The van der Waals surface area contributed by atoms with Gasteiger partial charge >= 0.3 is 0 Å². The molecule has 0 bridgehead atoms. The van der Waals surface area contributed by atoms with E-state index in [1.54, 1.807) is 25.6 Å². The molecule has 11 heteroatoms. The fraction of sp³-hybridized carbons (Fsp3) is 0.269. The van der Waals surface area contributed by atoms with E-state index >= 15 is 0 Å². The number of hydrogen-bond donors (Lipinski definition) is 4. The second-order valence-electron chi connectivity index (χ2n) is 8.07. The third kappa shape index (κ3) is 6.29. The first kappa shape index (κ1) is 27.7. The van der Waals surface area contributed by atoms with Crippen molar-refractivity contribution in [1.82, 2.24) is 19.7 Å². The third-order valence-electron chi connectivity index (χ3n) is 5.75. The second kappa shape index (κ2) is 12.9. The highest BCUT2D eigenvalue weighted by molar-refractivity contribution is 5.96. The summed E-state index contributed by atoms with van der Waals surface area (Å²) in [6.07, 6.45) is 6.01. The summed E-state index contributed by atoms with van der Waals surface area (Å²) in [7, 11) is 1.61. The molecule has 0 atom stereocenters. The number of nitrogen functional groups attached to an aromatic ring is 1. The Labute approximate surface area is 221 Å². The number of carbonyl (C=O) groups excluding carboxylic acids is 1. The Hall–Kier alpha value is -3.86. The normalized spacial score (nSPS) is 10.7. The van der Waals surface area contributed by atoms with Crippen LogP contribution >= 0.6 is 12.4 Å². The molecule has 6 N–H and O–H groups in total. The van der Waals surface area contributed by atoms with E-state index in [-0.39, 0.29) is 18.3 Å². The van der Waals surface area contributed by atoms with Gasteiger partial charge in [-0.3, -0.25) is 9.20 Å². The quantitative estimate of drug-likeness (QED) is 0.172. The predicted octanol–water partition coefficient (Wildman–Crippen LogP) is 3.42. The zero-order chi connectivity index (χ0) is 25.5. The highest BCUT2D eigenvalue weighted by atomic mass is 35.5. The topological polar surface area (TPSA) is 142 Å². The van der Waals surface area contributed by atoms with Crippen molar-refractivity contribution in [2.45, 2.75) is 13.3 Å². The van der Waals surface area contributed by atoms with Gasteiger partial charge in [-0.05, 0) is 42.3 Å². The number of anilines is 3. The Bertz CT molecular complexity index is 1360. The van der Waals surface area contributed by atoms with E-state index in [0.29, 0.717) is 61.2 Å². The number of benzene rings is 2. The molecule has 2 aromatic carbocycles. The van der Waals surface area contributed by atoms with E-state index < -0.39 is 0 Å². The number of aryl methyl sites for hydroxylation is 1. The molecule has 2 aromatic heterocycles. The Morgan fingerprint density at radius 3 is 2.70 bits per heavy atom. The predicted molar refractivity (Wildman–Crippen MR) is 148 cm³/mol. The molecule has 0 saturated heterocycles. The van der Waals surface area contributed by atoms with Gasteiger partial charge in [-0.25, -0.2) is 9.97 Å². The molecule has 4 rings (SSSR count). The average Bonchev–Trinajstić information content (AvgIpc) is 3.33. The molecular formula is C26H32ClN7O3. The number of nitrogens with one attached hydrogen (secondary N) is 2. The lowest BCUT2D eigenvalue weighted by Gasteiger charge is -2.13. The number of methoxy groups -OCH3 is 1. The van der Waals surface area contributed by atoms with Crippen LogP contribution in [0.3, 0.4) is 0 Å². The van der Waals surface area contributed by atoms with Gasteiger partial charge in [-0.2, -0.15) is 0 Å². The summed E-state index contributed by atoms with van der Waals surface area (Å²) < 4.78 is 12.5. The third-order valence-corrected chi connectivity index (χ3v) is 5.75. The molecule has 0 aliphatic rings. The van der Waals surface area contributed by atoms with Crippen LogP contribution in [-0.2, 0) is 11.2 Å². The van der Waals surface area contributed by atoms with Crippen LogP contribution in [0.1, 0.15) is 22.8 Å². The maximum atomic E-state index is 12.7. The van der Waals surface area contributed by atoms with Crippen molar-refractivity contribution in [3.05, 3.63) is 66.1 Å². The molecule has 0 aliphatic carbocycles. The van der Waals surface area contributed by atoms with Crippen molar-refractivity contribution < 1.29 is 14.3 Å². The van der Waals surface area contributed by atoms with Crippen LogP contribution in [0.5, 0.6) is 5.75 Å². The second-order valence-corrected chi connectivity index (χ2v) is 8.07. The monoisotopic (exact) mass is 525 g/mol. The lowest BCUT2D eigenvalue weighted by Crippen LogP contribution is -2.28. The van der Waals surface area contributed by atoms with Gasteiger partial charge in [0, 0.05) is 54.1 Å². The van der Waals surface area contributed by atoms with E-state index in [1.807, 2.05) is 47.9 Å². The van der Waals surface area contributed by atoms with Crippen molar-refractivity contribution in [2.24, 2.45) is 5.73 Å². The number of amides is 1. The van der Waals surface area contributed by atoms with Gasteiger partial charge in [0.05, 0.1) is 32.2 Å². The minimum Gasteiger partial charge on any atom is -0.497 e. The number of carbonyl (C=O) groups is 1. The van der Waals surface area contributed by atoms with Gasteiger partial charge in [0.15, 0.2) is 11.5 Å². The molecule has 0 saturated carbocycles. The number of halogens is 1. The Morgan fingerprint density at radius 1 is 1.14 bits per heavy atom. The number of hydrogen-bond acceptors (Lipinski definition) is 8. The van der Waals surface area contributed by atoms with Crippen molar-refractivity contribution in [2.75, 3.05) is 44.5 Å². The zero-order valence-electron chi connectivity index (χ0n) is 20.9. The van der Waals surface area contributed by atoms with Crippen molar-refractivity contribution in [1.29, 1.82) is 0 Å². The van der Waals surface area contributed by atoms with Crippen LogP contribution in [0.15, 0.2) is 55.0 Å². The molecule has 4 aromatic rings. The van der Waals surface area contributed by atoms with Crippen LogP contribution in [-0.4, -0.2) is 53.7 Å². The first-order valence-electron chi connectivity index (χ1n) is 11.8. The molecule has 0 radical (unpaired) electrons. The average molecular weight is 526 g/mol. The van der Waals surface area contributed by atoms with Crippen LogP contribution < -0.4 is 26.8 Å². The van der Waals surface area contributed by atoms with Gasteiger partial charge in [0.2, 0.25) is 0 Å². The number of nitrogens with zero attached hydrogens (tertiary/aromatic N) is 3. The lowest BCUT2D eigenvalue weighted by atomic mass is 10.0. The van der Waals surface area contributed by atoms with Crippen LogP contribution in [0.2, 0.25) is 0 Å². The van der Waals surface area contributed by atoms with Gasteiger partial charge in [0.25, 0.3) is 5.91 Å². The smallest absolute Gasteiger partial charge is 0.251 e. The summed E-state index contributed by atoms with van der Waals surface area (Å²) in [6, 6.07) is 11.2. The summed E-state index contributed by atoms with van der Waals surface area (Å²) in [4.78, 5) is 21.7. The molecular weight excluding hydrogens is 494 g/mol. The number of rotatable bonds is 11. The number of nitrogens with two attached hydrogens (primary N) is 2. The Morgan fingerprint density at radius 2 is 1.97 bits per heavy atom. The fourth-order valence-electron chi connectivity index (χ4n) is 3.95. The minimum absolute atomic E-state index is 0.